The Morgan fingerprint density at radius 3 is 2.47 bits per heavy atom. The SMILES string of the molecule is O=C(/C=C/c1ccco1)N[C@@H](Cc1ccccc1)C(=O)N1CCC[C@H]1C(=O)C(=O)NC1CCCCC1. The largest absolute Gasteiger partial charge is 0.465 e. The summed E-state index contributed by atoms with van der Waals surface area (Å²) in [6.45, 7) is 0.370. The molecule has 1 aliphatic heterocycles. The van der Waals surface area contributed by atoms with Crippen LogP contribution < -0.4 is 10.6 Å². The molecular formula is C28H33N3O5. The van der Waals surface area contributed by atoms with E-state index in [4.69, 9.17) is 4.42 Å². The van der Waals surface area contributed by atoms with Crippen LogP contribution in [0, 0.1) is 0 Å². The Bertz CT molecular complexity index is 1070. The third-order valence-corrected chi connectivity index (χ3v) is 6.84. The number of hydrogen-bond acceptors (Lipinski definition) is 5. The fraction of sp³-hybridized carbons (Fsp3) is 0.429. The number of carbonyl (C=O) groups excluding carboxylic acids is 4. The highest BCUT2D eigenvalue weighted by Crippen LogP contribution is 2.22. The number of amides is 3. The van der Waals surface area contributed by atoms with Gasteiger partial charge in [-0.2, -0.15) is 0 Å². The van der Waals surface area contributed by atoms with Crippen LogP contribution in [0.2, 0.25) is 0 Å². The van der Waals surface area contributed by atoms with Crippen molar-refractivity contribution in [2.45, 2.75) is 69.5 Å². The third kappa shape index (κ3) is 6.71. The predicted molar refractivity (Wildman–Crippen MR) is 135 cm³/mol. The normalized spacial score (nSPS) is 19.2. The molecule has 2 atom stereocenters. The summed E-state index contributed by atoms with van der Waals surface area (Å²) in [5.41, 5.74) is 0.878. The third-order valence-electron chi connectivity index (χ3n) is 6.84. The van der Waals surface area contributed by atoms with Crippen molar-refractivity contribution in [3.63, 3.8) is 0 Å². The molecule has 36 heavy (non-hydrogen) atoms. The van der Waals surface area contributed by atoms with Crippen LogP contribution in [0.15, 0.2) is 59.2 Å². The molecule has 0 unspecified atom stereocenters. The van der Waals surface area contributed by atoms with Crippen LogP contribution in [0.3, 0.4) is 0 Å². The van der Waals surface area contributed by atoms with Gasteiger partial charge in [-0.05, 0) is 49.5 Å². The van der Waals surface area contributed by atoms with Crippen LogP contribution in [-0.2, 0) is 25.6 Å². The number of furan rings is 1. The lowest BCUT2D eigenvalue weighted by Gasteiger charge is -2.29. The number of rotatable bonds is 9. The number of hydrogen-bond donors (Lipinski definition) is 2. The van der Waals surface area contributed by atoms with Crippen molar-refractivity contribution in [3.05, 3.63) is 66.1 Å². The topological polar surface area (TPSA) is 109 Å². The van der Waals surface area contributed by atoms with Crippen molar-refractivity contribution in [2.24, 2.45) is 0 Å². The molecule has 0 bridgehead atoms. The summed E-state index contributed by atoms with van der Waals surface area (Å²) in [5.74, 6) is -1.48. The second-order valence-corrected chi connectivity index (χ2v) is 9.46. The molecule has 1 aromatic heterocycles. The summed E-state index contributed by atoms with van der Waals surface area (Å²) in [6, 6.07) is 11.2. The smallest absolute Gasteiger partial charge is 0.289 e. The Hall–Kier alpha value is -3.68. The molecule has 3 amide bonds. The first kappa shape index (κ1) is 25.4. The van der Waals surface area contributed by atoms with Gasteiger partial charge in [0.1, 0.15) is 17.8 Å². The van der Waals surface area contributed by atoms with E-state index in [-0.39, 0.29) is 18.4 Å². The van der Waals surface area contributed by atoms with E-state index in [1.54, 1.807) is 12.1 Å². The fourth-order valence-electron chi connectivity index (χ4n) is 4.97. The maximum absolute atomic E-state index is 13.6. The maximum Gasteiger partial charge on any atom is 0.289 e. The molecule has 2 fully saturated rings. The zero-order valence-corrected chi connectivity index (χ0v) is 20.4. The van der Waals surface area contributed by atoms with E-state index in [1.807, 2.05) is 30.3 Å². The summed E-state index contributed by atoms with van der Waals surface area (Å²) in [6.07, 6.45) is 10.7. The lowest BCUT2D eigenvalue weighted by molar-refractivity contribution is -0.145. The van der Waals surface area contributed by atoms with Crippen molar-refractivity contribution in [1.82, 2.24) is 15.5 Å². The Morgan fingerprint density at radius 1 is 0.972 bits per heavy atom. The molecule has 1 aromatic carbocycles. The maximum atomic E-state index is 13.6. The molecule has 8 nitrogen and oxygen atoms in total. The van der Waals surface area contributed by atoms with Gasteiger partial charge in [0, 0.05) is 25.1 Å². The minimum atomic E-state index is -0.879. The molecule has 190 valence electrons. The molecule has 0 radical (unpaired) electrons. The predicted octanol–water partition coefficient (Wildman–Crippen LogP) is 3.03. The molecule has 4 rings (SSSR count). The minimum absolute atomic E-state index is 0.0202. The van der Waals surface area contributed by atoms with Crippen molar-refractivity contribution in [3.8, 4) is 0 Å². The van der Waals surface area contributed by atoms with Gasteiger partial charge < -0.3 is 20.0 Å². The monoisotopic (exact) mass is 491 g/mol. The Labute approximate surface area is 211 Å². The molecule has 1 aliphatic carbocycles. The second-order valence-electron chi connectivity index (χ2n) is 9.46. The standard InChI is InChI=1S/C28H33N3O5/c32-25(16-15-22-13-8-18-36-22)30-23(19-20-9-3-1-4-10-20)28(35)31-17-7-14-24(31)26(33)27(34)29-21-11-5-2-6-12-21/h1,3-4,8-10,13,15-16,18,21,23-24H,2,5-7,11-12,14,17,19H2,(H,29,34)(H,30,32)/b16-15+/t23-,24-/m0/s1. The van der Waals surface area contributed by atoms with Crippen LogP contribution in [-0.4, -0.2) is 53.1 Å². The number of nitrogens with zero attached hydrogens (tertiary/aromatic N) is 1. The first-order valence-electron chi connectivity index (χ1n) is 12.7. The van der Waals surface area contributed by atoms with Gasteiger partial charge in [-0.25, -0.2) is 0 Å². The summed E-state index contributed by atoms with van der Waals surface area (Å²) in [5, 5.41) is 5.66. The quantitative estimate of drug-likeness (QED) is 0.414. The average Bonchev–Trinajstić information content (AvgIpc) is 3.60. The zero-order valence-electron chi connectivity index (χ0n) is 20.4. The number of ketones is 1. The molecular weight excluding hydrogens is 458 g/mol. The van der Waals surface area contributed by atoms with Gasteiger partial charge >= 0.3 is 0 Å². The van der Waals surface area contributed by atoms with Gasteiger partial charge in [0.05, 0.1) is 6.26 Å². The van der Waals surface area contributed by atoms with Gasteiger partial charge in [-0.15, -0.1) is 0 Å². The summed E-state index contributed by atoms with van der Waals surface area (Å²) in [4.78, 5) is 53.5. The Kier molecular flexibility index (Phi) is 8.71. The number of nitrogens with one attached hydrogen (secondary N) is 2. The molecule has 1 saturated carbocycles. The highest BCUT2D eigenvalue weighted by molar-refractivity contribution is 6.38. The van der Waals surface area contributed by atoms with Crippen LogP contribution >= 0.6 is 0 Å². The summed E-state index contributed by atoms with van der Waals surface area (Å²) in [7, 11) is 0. The molecule has 0 spiro atoms. The summed E-state index contributed by atoms with van der Waals surface area (Å²) < 4.78 is 5.21. The van der Waals surface area contributed by atoms with Crippen LogP contribution in [0.1, 0.15) is 56.3 Å². The van der Waals surface area contributed by atoms with Crippen molar-refractivity contribution >= 4 is 29.6 Å². The van der Waals surface area contributed by atoms with Crippen molar-refractivity contribution < 1.29 is 23.6 Å². The van der Waals surface area contributed by atoms with Crippen molar-refractivity contribution in [1.29, 1.82) is 0 Å². The van der Waals surface area contributed by atoms with E-state index in [0.29, 0.717) is 25.1 Å². The highest BCUT2D eigenvalue weighted by Gasteiger charge is 2.40. The second kappa shape index (κ2) is 12.3. The van der Waals surface area contributed by atoms with E-state index < -0.39 is 29.7 Å². The van der Waals surface area contributed by atoms with Crippen LogP contribution in [0.5, 0.6) is 0 Å². The number of carbonyl (C=O) groups is 4. The van der Waals surface area contributed by atoms with Crippen molar-refractivity contribution in [2.75, 3.05) is 6.54 Å². The number of benzene rings is 1. The van der Waals surface area contributed by atoms with E-state index in [9.17, 15) is 19.2 Å². The van der Waals surface area contributed by atoms with Crippen LogP contribution in [0.4, 0.5) is 0 Å². The average molecular weight is 492 g/mol. The first-order chi connectivity index (χ1) is 17.5. The summed E-state index contributed by atoms with van der Waals surface area (Å²) >= 11 is 0. The molecule has 8 heteroatoms. The number of Topliss-reactive ketones (excluding diaryl/α,β-unsaturated/α-hetero) is 1. The van der Waals surface area contributed by atoms with E-state index in [0.717, 1.165) is 37.7 Å². The van der Waals surface area contributed by atoms with Gasteiger partial charge in [0.2, 0.25) is 17.6 Å². The van der Waals surface area contributed by atoms with E-state index in [2.05, 4.69) is 10.6 Å². The van der Waals surface area contributed by atoms with E-state index >= 15 is 0 Å². The molecule has 1 saturated heterocycles. The molecule has 2 aliphatic rings. The van der Waals surface area contributed by atoms with Gasteiger partial charge in [-0.1, -0.05) is 49.6 Å². The highest BCUT2D eigenvalue weighted by atomic mass is 16.3. The lowest BCUT2D eigenvalue weighted by Crippen LogP contribution is -2.54. The minimum Gasteiger partial charge on any atom is -0.465 e. The van der Waals surface area contributed by atoms with Gasteiger partial charge in [-0.3, -0.25) is 19.2 Å². The Morgan fingerprint density at radius 2 is 1.75 bits per heavy atom. The first-order valence-corrected chi connectivity index (χ1v) is 12.7. The van der Waals surface area contributed by atoms with Gasteiger partial charge in [0.25, 0.3) is 5.91 Å². The zero-order chi connectivity index (χ0) is 25.3. The van der Waals surface area contributed by atoms with E-state index in [1.165, 1.54) is 23.3 Å². The number of likely N-dealkylation sites (tertiary alicyclic amines) is 1. The molecule has 2 heterocycles. The Balaban J connectivity index is 1.45. The lowest BCUT2D eigenvalue weighted by atomic mass is 9.95. The fourth-order valence-corrected chi connectivity index (χ4v) is 4.97. The van der Waals surface area contributed by atoms with Gasteiger partial charge in [0.15, 0.2) is 0 Å². The molecule has 2 N–H and O–H groups in total. The van der Waals surface area contributed by atoms with Crippen LogP contribution in [0.25, 0.3) is 6.08 Å². The molecule has 2 aromatic rings.